The summed E-state index contributed by atoms with van der Waals surface area (Å²) in [6, 6.07) is 49.1. The number of anilines is 1. The Morgan fingerprint density at radius 1 is 0.709 bits per heavy atom. The molecule has 5 nitrogen and oxygen atoms in total. The van der Waals surface area contributed by atoms with Crippen molar-refractivity contribution in [3.8, 4) is 11.5 Å². The average Bonchev–Trinajstić information content (AvgIpc) is 3.26. The molecule has 0 saturated heterocycles. The number of rotatable bonds is 11. The highest BCUT2D eigenvalue weighted by molar-refractivity contribution is 5.99. The van der Waals surface area contributed by atoms with Gasteiger partial charge in [-0.25, -0.2) is 0 Å². The van der Waals surface area contributed by atoms with Crippen molar-refractivity contribution >= 4 is 33.4 Å². The molecular formula is C50H55N3O2. The van der Waals surface area contributed by atoms with Crippen LogP contribution in [0, 0.1) is 0 Å². The van der Waals surface area contributed by atoms with E-state index in [0.717, 1.165) is 50.0 Å². The molecule has 5 heteroatoms. The lowest BCUT2D eigenvalue weighted by atomic mass is 9.94. The molecule has 0 aliphatic carbocycles. The molecule has 0 aromatic heterocycles. The van der Waals surface area contributed by atoms with Crippen LogP contribution in [0.15, 0.2) is 188 Å². The highest BCUT2D eigenvalue weighted by Crippen LogP contribution is 2.36. The molecule has 0 aliphatic rings. The number of methoxy groups -OCH3 is 1. The lowest BCUT2D eigenvalue weighted by Gasteiger charge is -2.17. The predicted molar refractivity (Wildman–Crippen MR) is 239 cm³/mol. The van der Waals surface area contributed by atoms with Gasteiger partial charge in [-0.15, -0.1) is 13.2 Å². The summed E-state index contributed by atoms with van der Waals surface area (Å²) in [6.07, 6.45) is 4.07. The van der Waals surface area contributed by atoms with E-state index < -0.39 is 0 Å². The summed E-state index contributed by atoms with van der Waals surface area (Å²) in [4.78, 5) is 4.82. The minimum atomic E-state index is 0.621. The number of nitrogens with zero attached hydrogens (tertiary/aromatic N) is 1. The Morgan fingerprint density at radius 2 is 1.24 bits per heavy atom. The minimum absolute atomic E-state index is 0.621. The highest BCUT2D eigenvalue weighted by atomic mass is 16.5. The van der Waals surface area contributed by atoms with Gasteiger partial charge in [0.1, 0.15) is 5.76 Å². The fraction of sp³-hybridized carbons (Fsp3) is 0.140. The molecule has 0 radical (unpaired) electrons. The lowest BCUT2D eigenvalue weighted by Crippen LogP contribution is -2.01. The first-order valence-electron chi connectivity index (χ1n) is 18.5. The number of hydrogen-bond acceptors (Lipinski definition) is 5. The smallest absolute Gasteiger partial charge is 0.169 e. The molecule has 6 rings (SSSR count). The van der Waals surface area contributed by atoms with E-state index >= 15 is 0 Å². The van der Waals surface area contributed by atoms with E-state index in [2.05, 4.69) is 105 Å². The standard InChI is InChI=1S/C38H36N2O2.C8H9N.C2H6.C2H4/c1-5-33(42-38-24-32-16-10-9-15-31(32)23-37(38)41-4)25-35(34-17-11-12-18-36(34)39-3)30-21-19-29(20-22-30)27(2)40-26-28-13-7-6-8-14-28;1-7(9)8-5-3-2-4-6-8;2*1-2/h5-25,39H,26H2,1-4H3;2-6H,1,9H2;1-2H3;1-2H2/b33-5+,35-25+,40-27?;;;. The third kappa shape index (κ3) is 12.5. The van der Waals surface area contributed by atoms with E-state index in [-0.39, 0.29) is 0 Å². The fourth-order valence-corrected chi connectivity index (χ4v) is 5.56. The fourth-order valence-electron chi connectivity index (χ4n) is 5.56. The van der Waals surface area contributed by atoms with Crippen LogP contribution >= 0.6 is 0 Å². The Balaban J connectivity index is 0.000000537. The topological polar surface area (TPSA) is 68.9 Å². The van der Waals surface area contributed by atoms with Gasteiger partial charge in [-0.1, -0.05) is 148 Å². The van der Waals surface area contributed by atoms with Crippen LogP contribution in [0.2, 0.25) is 0 Å². The van der Waals surface area contributed by atoms with Crippen molar-refractivity contribution in [3.63, 3.8) is 0 Å². The second-order valence-electron chi connectivity index (χ2n) is 11.9. The van der Waals surface area contributed by atoms with Gasteiger partial charge in [0.25, 0.3) is 0 Å². The van der Waals surface area contributed by atoms with E-state index in [9.17, 15) is 0 Å². The Labute approximate surface area is 328 Å². The Bertz CT molecular complexity index is 2170. The third-order valence-corrected chi connectivity index (χ3v) is 8.42. The molecule has 282 valence electrons. The molecule has 0 bridgehead atoms. The van der Waals surface area contributed by atoms with Crippen molar-refractivity contribution in [2.75, 3.05) is 19.5 Å². The number of para-hydroxylation sites is 1. The van der Waals surface area contributed by atoms with Gasteiger partial charge in [0.2, 0.25) is 0 Å². The Morgan fingerprint density at radius 3 is 1.78 bits per heavy atom. The van der Waals surface area contributed by atoms with E-state index in [4.69, 9.17) is 20.2 Å². The van der Waals surface area contributed by atoms with Crippen LogP contribution in [0.1, 0.15) is 55.5 Å². The van der Waals surface area contributed by atoms with Gasteiger partial charge >= 0.3 is 0 Å². The minimum Gasteiger partial charge on any atom is -0.493 e. The second kappa shape index (κ2) is 23.2. The monoisotopic (exact) mass is 729 g/mol. The maximum Gasteiger partial charge on any atom is 0.169 e. The largest absolute Gasteiger partial charge is 0.493 e. The molecule has 0 spiro atoms. The molecule has 0 heterocycles. The quantitative estimate of drug-likeness (QED) is 0.0603. The first kappa shape index (κ1) is 42.8. The predicted octanol–water partition coefficient (Wildman–Crippen LogP) is 12.8. The SMILES string of the molecule is C/C=C(\C=C(/c1ccc(C(C)=NCc2ccccc2)cc1)c1ccccc1NC)Oc1cc2ccccc2cc1OC.C=C.C=C(N)c1ccccc1.CC. The van der Waals surface area contributed by atoms with Crippen LogP contribution in [-0.2, 0) is 6.54 Å². The first-order valence-corrected chi connectivity index (χ1v) is 18.5. The van der Waals surface area contributed by atoms with E-state index in [1.807, 2.05) is 113 Å². The van der Waals surface area contributed by atoms with Crippen LogP contribution in [0.5, 0.6) is 11.5 Å². The van der Waals surface area contributed by atoms with Gasteiger partial charge in [-0.2, -0.15) is 0 Å². The lowest BCUT2D eigenvalue weighted by molar-refractivity contribution is 0.368. The molecule has 3 N–H and O–H groups in total. The van der Waals surface area contributed by atoms with Crippen molar-refractivity contribution in [1.29, 1.82) is 0 Å². The van der Waals surface area contributed by atoms with Gasteiger partial charge in [0, 0.05) is 29.7 Å². The summed E-state index contributed by atoms with van der Waals surface area (Å²) in [5.74, 6) is 2.07. The first-order chi connectivity index (χ1) is 26.9. The number of nitrogens with one attached hydrogen (secondary N) is 1. The van der Waals surface area contributed by atoms with Gasteiger partial charge in [0.15, 0.2) is 11.5 Å². The van der Waals surface area contributed by atoms with Crippen LogP contribution in [0.3, 0.4) is 0 Å². The maximum absolute atomic E-state index is 6.50. The normalized spacial score (nSPS) is 11.1. The number of nitrogens with two attached hydrogens (primary N) is 1. The number of ether oxygens (including phenoxy) is 2. The molecule has 6 aromatic carbocycles. The number of benzene rings is 6. The molecule has 0 atom stereocenters. The summed E-state index contributed by atoms with van der Waals surface area (Å²) >= 11 is 0. The number of fused-ring (bicyclic) bond motifs is 1. The molecule has 0 fully saturated rings. The van der Waals surface area contributed by atoms with Crippen molar-refractivity contribution < 1.29 is 9.47 Å². The van der Waals surface area contributed by atoms with E-state index in [1.54, 1.807) is 7.11 Å². The Hall–Kier alpha value is -6.59. The number of aliphatic imine (C=N–C) groups is 1. The Kier molecular flexibility index (Phi) is 18.0. The summed E-state index contributed by atoms with van der Waals surface area (Å²) in [6.45, 7) is 18.3. The molecule has 0 saturated carbocycles. The van der Waals surface area contributed by atoms with Crippen LogP contribution in [-0.4, -0.2) is 19.9 Å². The van der Waals surface area contributed by atoms with Crippen molar-refractivity contribution in [2.45, 2.75) is 34.2 Å². The molecule has 6 aromatic rings. The molecule has 0 unspecified atom stereocenters. The zero-order chi connectivity index (χ0) is 40.0. The van der Waals surface area contributed by atoms with Crippen LogP contribution < -0.4 is 20.5 Å². The van der Waals surface area contributed by atoms with Crippen LogP contribution in [0.4, 0.5) is 5.69 Å². The number of hydrogen-bond donors (Lipinski definition) is 2. The molecule has 55 heavy (non-hydrogen) atoms. The summed E-state index contributed by atoms with van der Waals surface area (Å²) in [7, 11) is 3.61. The van der Waals surface area contributed by atoms with Gasteiger partial charge in [-0.05, 0) is 82.8 Å². The average molecular weight is 730 g/mol. The maximum atomic E-state index is 6.50. The molecular weight excluding hydrogens is 675 g/mol. The van der Waals surface area contributed by atoms with Gasteiger partial charge in [-0.3, -0.25) is 4.99 Å². The molecule has 0 amide bonds. The number of allylic oxidation sites excluding steroid dienone is 2. The van der Waals surface area contributed by atoms with Crippen molar-refractivity contribution in [3.05, 3.63) is 211 Å². The zero-order valence-electron chi connectivity index (χ0n) is 33.2. The summed E-state index contributed by atoms with van der Waals surface area (Å²) < 4.78 is 12.2. The second-order valence-corrected chi connectivity index (χ2v) is 11.9. The summed E-state index contributed by atoms with van der Waals surface area (Å²) in [5, 5.41) is 5.54. The van der Waals surface area contributed by atoms with Crippen molar-refractivity contribution in [2.24, 2.45) is 10.7 Å². The van der Waals surface area contributed by atoms with Crippen molar-refractivity contribution in [1.82, 2.24) is 0 Å². The summed E-state index contributed by atoms with van der Waals surface area (Å²) in [5.41, 5.74) is 14.6. The van der Waals surface area contributed by atoms with Gasteiger partial charge < -0.3 is 20.5 Å². The third-order valence-electron chi connectivity index (χ3n) is 8.42. The van der Waals surface area contributed by atoms with E-state index in [1.165, 1.54) is 5.56 Å². The zero-order valence-corrected chi connectivity index (χ0v) is 33.2. The van der Waals surface area contributed by atoms with E-state index in [0.29, 0.717) is 29.5 Å². The highest BCUT2D eigenvalue weighted by Gasteiger charge is 2.14. The molecule has 0 aliphatic heterocycles. The van der Waals surface area contributed by atoms with Crippen LogP contribution in [0.25, 0.3) is 22.0 Å². The van der Waals surface area contributed by atoms with Gasteiger partial charge in [0.05, 0.1) is 13.7 Å².